The van der Waals surface area contributed by atoms with E-state index in [-0.39, 0.29) is 0 Å². The van der Waals surface area contributed by atoms with Crippen LogP contribution in [0.4, 0.5) is 24.1 Å². The second kappa shape index (κ2) is 5.77. The standard InChI is InChI=1S/C14H12F3N3S2/c1-9-8-21-13(19-9)20-12-7-10(4-5-18-12)22-6-2-3-11(22)14(15,16)17/h2-8,22H,1H3,(H,18,19,20). The van der Waals surface area contributed by atoms with E-state index in [1.807, 2.05) is 12.3 Å². The highest BCUT2D eigenvalue weighted by atomic mass is 32.2. The van der Waals surface area contributed by atoms with Gasteiger partial charge >= 0.3 is 6.18 Å². The molecule has 1 aliphatic heterocycles. The molecule has 8 heteroatoms. The molecule has 2 aromatic heterocycles. The fourth-order valence-electron chi connectivity index (χ4n) is 2.00. The van der Waals surface area contributed by atoms with Crippen LogP contribution in [0.15, 0.2) is 51.1 Å². The monoisotopic (exact) mass is 343 g/mol. The molecule has 0 fully saturated rings. The highest BCUT2D eigenvalue weighted by molar-refractivity contribution is 8.23. The number of halogens is 3. The van der Waals surface area contributed by atoms with Crippen LogP contribution < -0.4 is 5.32 Å². The number of nitrogens with zero attached hydrogens (tertiary/aromatic N) is 2. The van der Waals surface area contributed by atoms with Crippen LogP contribution in [0.3, 0.4) is 0 Å². The van der Waals surface area contributed by atoms with E-state index < -0.39 is 22.0 Å². The van der Waals surface area contributed by atoms with Crippen molar-refractivity contribution in [2.45, 2.75) is 18.0 Å². The largest absolute Gasteiger partial charge is 0.421 e. The summed E-state index contributed by atoms with van der Waals surface area (Å²) < 4.78 is 39.0. The first kappa shape index (κ1) is 15.1. The van der Waals surface area contributed by atoms with Gasteiger partial charge in [0.1, 0.15) is 5.82 Å². The van der Waals surface area contributed by atoms with Crippen LogP contribution in [0.1, 0.15) is 5.69 Å². The Kier molecular flexibility index (Phi) is 3.96. The lowest BCUT2D eigenvalue weighted by Gasteiger charge is -2.21. The van der Waals surface area contributed by atoms with Crippen molar-refractivity contribution in [2.24, 2.45) is 0 Å². The zero-order valence-corrected chi connectivity index (χ0v) is 13.1. The van der Waals surface area contributed by atoms with E-state index in [0.29, 0.717) is 15.8 Å². The highest BCUT2D eigenvalue weighted by Gasteiger charge is 2.38. The normalized spacial score (nSPS) is 19.3. The molecule has 3 rings (SSSR count). The molecule has 22 heavy (non-hydrogen) atoms. The third-order valence-corrected chi connectivity index (χ3v) is 6.02. The van der Waals surface area contributed by atoms with E-state index >= 15 is 0 Å². The molecule has 0 aromatic carbocycles. The van der Waals surface area contributed by atoms with Crippen LogP contribution in [-0.4, -0.2) is 16.1 Å². The van der Waals surface area contributed by atoms with Crippen molar-refractivity contribution in [3.63, 3.8) is 0 Å². The number of nitrogens with one attached hydrogen (secondary N) is 1. The Bertz CT molecular complexity index is 750. The number of hydrogen-bond donors (Lipinski definition) is 2. The zero-order valence-electron chi connectivity index (χ0n) is 11.4. The maximum absolute atomic E-state index is 13.0. The van der Waals surface area contributed by atoms with Crippen molar-refractivity contribution >= 4 is 33.2 Å². The molecule has 0 saturated heterocycles. The second-order valence-electron chi connectivity index (χ2n) is 4.58. The average Bonchev–Trinajstić information content (AvgIpc) is 3.07. The summed E-state index contributed by atoms with van der Waals surface area (Å²) in [5.74, 6) is 0.496. The first-order chi connectivity index (χ1) is 10.4. The minimum atomic E-state index is -4.31. The summed E-state index contributed by atoms with van der Waals surface area (Å²) in [6.07, 6.45) is -0.186. The minimum Gasteiger partial charge on any atom is -0.316 e. The lowest BCUT2D eigenvalue weighted by atomic mass is 10.4. The maximum atomic E-state index is 13.0. The minimum absolute atomic E-state index is 0.496. The van der Waals surface area contributed by atoms with Crippen LogP contribution in [0.5, 0.6) is 0 Å². The zero-order chi connectivity index (χ0) is 15.7. The molecule has 0 amide bonds. The first-order valence-electron chi connectivity index (χ1n) is 6.33. The van der Waals surface area contributed by atoms with Crippen LogP contribution in [-0.2, 0) is 0 Å². The Morgan fingerprint density at radius 1 is 1.32 bits per heavy atom. The van der Waals surface area contributed by atoms with Crippen molar-refractivity contribution in [1.29, 1.82) is 0 Å². The summed E-state index contributed by atoms with van der Waals surface area (Å²) in [4.78, 5) is 8.51. The molecule has 3 nitrogen and oxygen atoms in total. The summed E-state index contributed by atoms with van der Waals surface area (Å²) in [5.41, 5.74) is 0.883. The van der Waals surface area contributed by atoms with Gasteiger partial charge in [0.2, 0.25) is 0 Å². The molecule has 0 aliphatic carbocycles. The number of thiol groups is 1. The molecule has 0 saturated carbocycles. The number of rotatable bonds is 3. The molecule has 2 aromatic rings. The Labute approximate surface area is 132 Å². The predicted molar refractivity (Wildman–Crippen MR) is 84.9 cm³/mol. The first-order valence-corrected chi connectivity index (χ1v) is 8.63. The number of aryl methyl sites for hydroxylation is 1. The highest BCUT2D eigenvalue weighted by Crippen LogP contribution is 2.54. The number of aromatic nitrogens is 2. The van der Waals surface area contributed by atoms with Gasteiger partial charge in [-0.2, -0.15) is 24.1 Å². The van der Waals surface area contributed by atoms with Crippen molar-refractivity contribution in [3.05, 3.63) is 51.9 Å². The van der Waals surface area contributed by atoms with E-state index in [9.17, 15) is 13.2 Å². The Balaban J connectivity index is 1.85. The number of anilines is 2. The number of hydrogen-bond acceptors (Lipinski definition) is 4. The topological polar surface area (TPSA) is 37.8 Å². The SMILES string of the molecule is Cc1csc(Nc2cc([SH]3C=CC=C3C(F)(F)F)ccn2)n1. The molecular weight excluding hydrogens is 331 g/mol. The van der Waals surface area contributed by atoms with E-state index in [0.717, 1.165) is 11.8 Å². The van der Waals surface area contributed by atoms with Gasteiger partial charge in [0.25, 0.3) is 0 Å². The van der Waals surface area contributed by atoms with Crippen molar-refractivity contribution in [1.82, 2.24) is 9.97 Å². The van der Waals surface area contributed by atoms with Gasteiger partial charge in [0.15, 0.2) is 5.13 Å². The Morgan fingerprint density at radius 3 is 2.82 bits per heavy atom. The van der Waals surface area contributed by atoms with Gasteiger partial charge in [-0.1, -0.05) is 6.08 Å². The van der Waals surface area contributed by atoms with Crippen LogP contribution >= 0.6 is 22.2 Å². The molecule has 1 aliphatic rings. The molecule has 1 atom stereocenters. The maximum Gasteiger partial charge on any atom is 0.421 e. The third-order valence-electron chi connectivity index (χ3n) is 2.91. The van der Waals surface area contributed by atoms with Gasteiger partial charge in [-0.15, -0.1) is 11.3 Å². The third kappa shape index (κ3) is 3.17. The number of allylic oxidation sites excluding steroid dienone is 3. The molecule has 116 valence electrons. The van der Waals surface area contributed by atoms with E-state index in [1.54, 1.807) is 17.5 Å². The van der Waals surface area contributed by atoms with Gasteiger partial charge in [-0.3, -0.25) is 0 Å². The lowest BCUT2D eigenvalue weighted by molar-refractivity contribution is -0.0836. The summed E-state index contributed by atoms with van der Waals surface area (Å²) >= 11 is 1.42. The van der Waals surface area contributed by atoms with Gasteiger partial charge in [0, 0.05) is 16.5 Å². The van der Waals surface area contributed by atoms with Crippen LogP contribution in [0.2, 0.25) is 0 Å². The molecule has 0 radical (unpaired) electrons. The predicted octanol–water partition coefficient (Wildman–Crippen LogP) is 4.92. The van der Waals surface area contributed by atoms with Gasteiger partial charge in [0.05, 0.1) is 10.6 Å². The van der Waals surface area contributed by atoms with Gasteiger partial charge in [-0.25, -0.2) is 9.97 Å². The smallest absolute Gasteiger partial charge is 0.316 e. The fraction of sp³-hybridized carbons (Fsp3) is 0.143. The molecular formula is C14H12F3N3S2. The molecule has 0 bridgehead atoms. The van der Waals surface area contributed by atoms with Crippen LogP contribution in [0, 0.1) is 6.92 Å². The van der Waals surface area contributed by atoms with Gasteiger partial charge in [-0.05, 0) is 30.5 Å². The second-order valence-corrected chi connectivity index (χ2v) is 7.47. The van der Waals surface area contributed by atoms with Crippen molar-refractivity contribution < 1.29 is 13.2 Å². The van der Waals surface area contributed by atoms with Crippen molar-refractivity contribution in [2.75, 3.05) is 5.32 Å². The Hall–Kier alpha value is -1.80. The molecule has 1 N–H and O–H groups in total. The molecule has 0 spiro atoms. The number of pyridine rings is 1. The molecule has 3 heterocycles. The Morgan fingerprint density at radius 2 is 2.14 bits per heavy atom. The summed E-state index contributed by atoms with van der Waals surface area (Å²) in [7, 11) is -1.52. The fourth-order valence-corrected chi connectivity index (χ4v) is 4.57. The summed E-state index contributed by atoms with van der Waals surface area (Å²) in [6.45, 7) is 1.87. The summed E-state index contributed by atoms with van der Waals surface area (Å²) in [6, 6.07) is 3.27. The number of alkyl halides is 3. The van der Waals surface area contributed by atoms with E-state index in [2.05, 4.69) is 15.3 Å². The lowest BCUT2D eigenvalue weighted by Crippen LogP contribution is -2.10. The quantitative estimate of drug-likeness (QED) is 0.777. The van der Waals surface area contributed by atoms with E-state index in [1.165, 1.54) is 23.6 Å². The molecule has 1 unspecified atom stereocenters. The van der Waals surface area contributed by atoms with E-state index in [4.69, 9.17) is 0 Å². The summed E-state index contributed by atoms with van der Waals surface area (Å²) in [5, 5.41) is 7.19. The van der Waals surface area contributed by atoms with Gasteiger partial charge < -0.3 is 5.32 Å². The van der Waals surface area contributed by atoms with Crippen molar-refractivity contribution in [3.8, 4) is 0 Å². The van der Waals surface area contributed by atoms with Crippen LogP contribution in [0.25, 0.3) is 0 Å². The average molecular weight is 343 g/mol. The number of thiazole rings is 1.